The highest BCUT2D eigenvalue weighted by molar-refractivity contribution is 6.23. The number of para-hydroxylation sites is 1. The molecule has 9 rings (SSSR count). The van der Waals surface area contributed by atoms with Crippen molar-refractivity contribution in [2.75, 3.05) is 0 Å². The van der Waals surface area contributed by atoms with E-state index in [1.165, 1.54) is 0 Å². The fourth-order valence-electron chi connectivity index (χ4n) is 5.75. The van der Waals surface area contributed by atoms with Crippen LogP contribution in [0.25, 0.3) is 88.0 Å². The van der Waals surface area contributed by atoms with Gasteiger partial charge >= 0.3 is 0 Å². The van der Waals surface area contributed by atoms with Crippen LogP contribution in [0.3, 0.4) is 0 Å². The van der Waals surface area contributed by atoms with Gasteiger partial charge in [-0.05, 0) is 84.2 Å². The molecule has 0 spiro atoms. The summed E-state index contributed by atoms with van der Waals surface area (Å²) in [5.74, 6) is 0. The van der Waals surface area contributed by atoms with E-state index >= 15 is 0 Å². The fraction of sp³-hybridized carbons (Fsp3) is 0. The van der Waals surface area contributed by atoms with E-state index in [0.29, 0.717) is 0 Å². The SMILES string of the molecule is [2H]c1c([2H])c([2H])c(-c2c([2H])c([2H])c(-c3c4ccccc4c(-c4c(-c5c([2H])c([2H])c([2H])c([2H])c5[2H])c([2H])c5oc6c([2H])c([2H])c([2H])c([2H])c6c5c4[2H])c4ccccc34)c([2H])c2[2H])c([2H])c1[2H]. The lowest BCUT2D eigenvalue weighted by Gasteiger charge is -2.20. The largest absolute Gasteiger partial charge is 0.456 e. The lowest BCUT2D eigenvalue weighted by atomic mass is 9.83. The Balaban J connectivity index is 1.50. The first kappa shape index (κ1) is 12.6. The molecule has 0 bridgehead atoms. The van der Waals surface area contributed by atoms with Crippen LogP contribution in [0.2, 0.25) is 0 Å². The normalized spacial score (nSPS) is 17.8. The van der Waals surface area contributed by atoms with Crippen LogP contribution >= 0.6 is 0 Å². The Labute approximate surface area is 289 Å². The number of hydrogen-bond donors (Lipinski definition) is 0. The minimum Gasteiger partial charge on any atom is -0.456 e. The Hall–Kier alpha value is -5.92. The third-order valence-corrected chi connectivity index (χ3v) is 7.63. The minimum atomic E-state index is -0.748. The van der Waals surface area contributed by atoms with Crippen molar-refractivity contribution in [1.29, 1.82) is 0 Å². The monoisotopic (exact) mass is 592 g/mol. The summed E-state index contributed by atoms with van der Waals surface area (Å²) in [6.45, 7) is 0. The van der Waals surface area contributed by atoms with Gasteiger partial charge in [-0.3, -0.25) is 0 Å². The Kier molecular flexibility index (Phi) is 2.90. The van der Waals surface area contributed by atoms with Crippen molar-refractivity contribution in [3.63, 3.8) is 0 Å². The molecule has 0 aliphatic rings. The Morgan fingerprint density at radius 1 is 0.356 bits per heavy atom. The van der Waals surface area contributed by atoms with Gasteiger partial charge in [-0.2, -0.15) is 0 Å². The molecule has 1 heterocycles. The summed E-state index contributed by atoms with van der Waals surface area (Å²) >= 11 is 0. The molecular weight excluding hydrogens is 544 g/mol. The number of benzene rings is 8. The van der Waals surface area contributed by atoms with Gasteiger partial charge in [0.25, 0.3) is 0 Å². The molecular formula is C44H28O. The molecule has 0 fully saturated rings. The van der Waals surface area contributed by atoms with Crippen LogP contribution < -0.4 is 0 Å². The van der Waals surface area contributed by atoms with Gasteiger partial charge in [0.2, 0.25) is 0 Å². The minimum absolute atomic E-state index is 0.142. The second-order valence-corrected chi connectivity index (χ2v) is 10.1. The van der Waals surface area contributed by atoms with Gasteiger partial charge in [-0.25, -0.2) is 0 Å². The third-order valence-electron chi connectivity index (χ3n) is 7.63. The van der Waals surface area contributed by atoms with Crippen LogP contribution in [0.4, 0.5) is 0 Å². The summed E-state index contributed by atoms with van der Waals surface area (Å²) < 4.78 is 182. The van der Waals surface area contributed by atoms with Crippen LogP contribution in [-0.4, -0.2) is 0 Å². The summed E-state index contributed by atoms with van der Waals surface area (Å²) in [5, 5.41) is 0.574. The maximum Gasteiger partial charge on any atom is 0.136 e. The van der Waals surface area contributed by atoms with Crippen LogP contribution in [0.5, 0.6) is 0 Å². The maximum absolute atomic E-state index is 9.99. The summed E-state index contributed by atoms with van der Waals surface area (Å²) in [6, 6.07) is -0.563. The first-order valence-corrected chi connectivity index (χ1v) is 13.8. The maximum atomic E-state index is 9.99. The summed E-state index contributed by atoms with van der Waals surface area (Å²) in [6.07, 6.45) is 0. The standard InChI is InChI=1S/C44H28O/c1-3-13-29(14-4-1)30-23-25-32(26-24-30)43-34-18-7-9-20-36(34)44(37-21-10-8-19-35(37)43)40-27-39-33-17-11-12-22-41(33)45-42(39)28-38(40)31-15-5-2-6-16-31/h1-28H/i1D,2D,3D,4D,5D,6D,11D,12D,13D,14D,15D,16D,17D,22D,23D,24D,25D,26D,27D,28D. The topological polar surface area (TPSA) is 13.1 Å². The van der Waals surface area contributed by atoms with Crippen molar-refractivity contribution in [1.82, 2.24) is 0 Å². The molecule has 210 valence electrons. The van der Waals surface area contributed by atoms with Gasteiger partial charge in [-0.15, -0.1) is 0 Å². The highest BCUT2D eigenvalue weighted by Gasteiger charge is 2.21. The smallest absolute Gasteiger partial charge is 0.136 e. The molecule has 8 aromatic carbocycles. The van der Waals surface area contributed by atoms with E-state index in [4.69, 9.17) is 23.6 Å². The number of fused-ring (bicyclic) bond motifs is 5. The lowest BCUT2D eigenvalue weighted by molar-refractivity contribution is 0.669. The molecule has 0 unspecified atom stereocenters. The van der Waals surface area contributed by atoms with Gasteiger partial charge in [0.15, 0.2) is 0 Å². The number of rotatable bonds is 4. The molecule has 0 aliphatic heterocycles. The van der Waals surface area contributed by atoms with Gasteiger partial charge in [0.05, 0.1) is 27.4 Å². The molecule has 0 saturated heterocycles. The van der Waals surface area contributed by atoms with Crippen LogP contribution in [-0.2, 0) is 0 Å². The van der Waals surface area contributed by atoms with Crippen LogP contribution in [0.1, 0.15) is 27.4 Å². The molecule has 0 saturated carbocycles. The molecule has 1 heteroatoms. The molecule has 0 amide bonds. The average Bonchev–Trinajstić information content (AvgIpc) is 3.71. The van der Waals surface area contributed by atoms with Gasteiger partial charge in [0.1, 0.15) is 11.2 Å². The molecule has 0 aliphatic carbocycles. The molecule has 0 atom stereocenters. The zero-order valence-electron chi connectivity index (χ0n) is 43.0. The van der Waals surface area contributed by atoms with E-state index in [0.717, 1.165) is 0 Å². The zero-order valence-corrected chi connectivity index (χ0v) is 23.0. The van der Waals surface area contributed by atoms with Crippen LogP contribution in [0, 0.1) is 0 Å². The molecule has 45 heavy (non-hydrogen) atoms. The summed E-state index contributed by atoms with van der Waals surface area (Å²) in [5.41, 5.74) is -2.80. The number of hydrogen-bond acceptors (Lipinski definition) is 1. The summed E-state index contributed by atoms with van der Waals surface area (Å²) in [7, 11) is 0. The average molecular weight is 593 g/mol. The molecule has 1 aromatic heterocycles. The predicted octanol–water partition coefficient (Wildman–Crippen LogP) is 12.6. The zero-order chi connectivity index (χ0) is 47.1. The van der Waals surface area contributed by atoms with Gasteiger partial charge in [-0.1, -0.05) is 151 Å². The Bertz CT molecular complexity index is 3520. The van der Waals surface area contributed by atoms with Crippen LogP contribution in [0.15, 0.2) is 174 Å². The second-order valence-electron chi connectivity index (χ2n) is 10.1. The van der Waals surface area contributed by atoms with Gasteiger partial charge in [0, 0.05) is 10.8 Å². The van der Waals surface area contributed by atoms with Crippen molar-refractivity contribution in [3.05, 3.63) is 169 Å². The molecule has 0 radical (unpaired) electrons. The Morgan fingerprint density at radius 2 is 0.867 bits per heavy atom. The third kappa shape index (κ3) is 4.17. The van der Waals surface area contributed by atoms with E-state index in [9.17, 15) is 8.22 Å². The predicted molar refractivity (Wildman–Crippen MR) is 190 cm³/mol. The second kappa shape index (κ2) is 10.4. The van der Waals surface area contributed by atoms with Crippen molar-refractivity contribution in [2.45, 2.75) is 0 Å². The van der Waals surface area contributed by atoms with E-state index in [-0.39, 0.29) is 65.7 Å². The van der Waals surface area contributed by atoms with E-state index in [2.05, 4.69) is 0 Å². The van der Waals surface area contributed by atoms with Crippen molar-refractivity contribution in [2.24, 2.45) is 0 Å². The van der Waals surface area contributed by atoms with E-state index < -0.39 is 143 Å². The first-order chi connectivity index (χ1) is 30.7. The molecule has 9 aromatic rings. The highest BCUT2D eigenvalue weighted by atomic mass is 16.3. The van der Waals surface area contributed by atoms with E-state index in [1.807, 2.05) is 0 Å². The number of furan rings is 1. The molecule has 0 N–H and O–H groups in total. The first-order valence-electron chi connectivity index (χ1n) is 23.8. The Morgan fingerprint density at radius 3 is 1.51 bits per heavy atom. The fourth-order valence-corrected chi connectivity index (χ4v) is 5.75. The highest BCUT2D eigenvalue weighted by Crippen LogP contribution is 2.48. The van der Waals surface area contributed by atoms with Crippen molar-refractivity contribution >= 4 is 43.5 Å². The van der Waals surface area contributed by atoms with Crippen molar-refractivity contribution in [3.8, 4) is 44.5 Å². The quantitative estimate of drug-likeness (QED) is 0.185. The van der Waals surface area contributed by atoms with E-state index in [1.54, 1.807) is 48.5 Å². The van der Waals surface area contributed by atoms with Crippen molar-refractivity contribution < 1.29 is 31.8 Å². The van der Waals surface area contributed by atoms with Gasteiger partial charge < -0.3 is 4.42 Å². The lowest BCUT2D eigenvalue weighted by Crippen LogP contribution is -1.93. The molecule has 1 nitrogen and oxygen atoms in total. The summed E-state index contributed by atoms with van der Waals surface area (Å²) in [4.78, 5) is 0.